The summed E-state index contributed by atoms with van der Waals surface area (Å²) in [6.45, 7) is 7.13. The lowest BCUT2D eigenvalue weighted by atomic mass is 9.82. The van der Waals surface area contributed by atoms with E-state index < -0.39 is 157 Å². The molecule has 0 radical (unpaired) electrons. The molecule has 0 aliphatic carbocycles. The molecule has 3 aromatic rings. The Bertz CT molecular complexity index is 2850. The zero-order chi connectivity index (χ0) is 65.4. The number of aliphatic hydroxyl groups excluding tert-OH is 1. The number of benzene rings is 2. The van der Waals surface area contributed by atoms with Gasteiger partial charge in [-0.05, 0) is 87.7 Å². The van der Waals surface area contributed by atoms with E-state index in [-0.39, 0.29) is 50.0 Å². The molecular formula is C55H77F5N12O14. The average Bonchev–Trinajstić information content (AvgIpc) is 3.10. The maximum absolute atomic E-state index is 15.5. The van der Waals surface area contributed by atoms with Crippen LogP contribution in [0.2, 0.25) is 0 Å². The van der Waals surface area contributed by atoms with Crippen molar-refractivity contribution in [1.29, 1.82) is 0 Å². The van der Waals surface area contributed by atoms with E-state index in [4.69, 9.17) is 37.9 Å². The molecule has 1 aromatic heterocycles. The van der Waals surface area contributed by atoms with Crippen molar-refractivity contribution in [3.05, 3.63) is 83.7 Å². The van der Waals surface area contributed by atoms with Crippen molar-refractivity contribution >= 4 is 65.1 Å². The third kappa shape index (κ3) is 23.8. The third-order valence-electron chi connectivity index (χ3n) is 12.9. The number of primary amides is 2. The second-order valence-electron chi connectivity index (χ2n) is 21.0. The number of alkyl halides is 3. The first-order chi connectivity index (χ1) is 40.0. The van der Waals surface area contributed by atoms with Crippen LogP contribution in [-0.2, 0) is 59.3 Å². The average molecular weight is 1230 g/mol. The second-order valence-corrected chi connectivity index (χ2v) is 21.0. The molecule has 31 heteroatoms. The van der Waals surface area contributed by atoms with Crippen LogP contribution in [0.3, 0.4) is 0 Å². The van der Waals surface area contributed by atoms with E-state index in [2.05, 4.69) is 26.6 Å². The van der Waals surface area contributed by atoms with Crippen molar-refractivity contribution in [3.63, 3.8) is 0 Å². The molecule has 86 heavy (non-hydrogen) atoms. The first-order valence-corrected chi connectivity index (χ1v) is 27.0. The Morgan fingerprint density at radius 2 is 1.36 bits per heavy atom. The van der Waals surface area contributed by atoms with Crippen molar-refractivity contribution in [2.75, 3.05) is 32.8 Å². The number of aliphatic hydroxyl groups is 1. The topological polar surface area (TPSA) is 424 Å². The molecule has 0 bridgehead atoms. The summed E-state index contributed by atoms with van der Waals surface area (Å²) in [5.41, 5.74) is 22.8. The summed E-state index contributed by atoms with van der Waals surface area (Å²) in [6.07, 6.45) is -4.41. The van der Waals surface area contributed by atoms with Gasteiger partial charge in [0.05, 0.1) is 12.5 Å². The largest absolute Gasteiger partial charge is 0.490 e. The molecular weight excluding hydrogens is 1150 g/mol. The van der Waals surface area contributed by atoms with Gasteiger partial charge < -0.3 is 79.2 Å². The molecule has 0 saturated carbocycles. The molecule has 0 spiro atoms. The van der Waals surface area contributed by atoms with E-state index in [1.54, 1.807) is 55.8 Å². The van der Waals surface area contributed by atoms with Crippen LogP contribution >= 0.6 is 0 Å². The van der Waals surface area contributed by atoms with Gasteiger partial charge in [0.1, 0.15) is 54.5 Å². The number of halogens is 5. The van der Waals surface area contributed by atoms with Gasteiger partial charge in [0.25, 0.3) is 0 Å². The fourth-order valence-corrected chi connectivity index (χ4v) is 8.82. The summed E-state index contributed by atoms with van der Waals surface area (Å²) >= 11 is 0. The highest BCUT2D eigenvalue weighted by Crippen LogP contribution is 2.41. The number of hydrogen-bond acceptors (Lipinski definition) is 14. The highest BCUT2D eigenvalue weighted by atomic mass is 19.4. The predicted octanol–water partition coefficient (Wildman–Crippen LogP) is 0.407. The number of rotatable bonds is 32. The van der Waals surface area contributed by atoms with Crippen molar-refractivity contribution in [3.8, 4) is 11.1 Å². The van der Waals surface area contributed by atoms with Crippen LogP contribution in [0, 0.1) is 17.0 Å². The van der Waals surface area contributed by atoms with Gasteiger partial charge in [-0.25, -0.2) is 13.6 Å². The molecule has 7 atom stereocenters. The molecule has 0 saturated heterocycles. The number of nitrogens with two attached hydrogens (primary N) is 4. The predicted molar refractivity (Wildman–Crippen MR) is 299 cm³/mol. The minimum atomic E-state index is -5.08. The van der Waals surface area contributed by atoms with Gasteiger partial charge >= 0.3 is 18.1 Å². The van der Waals surface area contributed by atoms with E-state index in [1.165, 1.54) is 25.7 Å². The first-order valence-electron chi connectivity index (χ1n) is 27.0. The van der Waals surface area contributed by atoms with Crippen LogP contribution in [0.15, 0.2) is 60.8 Å². The lowest BCUT2D eigenvalue weighted by molar-refractivity contribution is -0.192. The summed E-state index contributed by atoms with van der Waals surface area (Å²) in [4.78, 5) is 144. The quantitative estimate of drug-likeness (QED) is 0.0297. The van der Waals surface area contributed by atoms with Crippen LogP contribution in [-0.4, -0.2) is 170 Å². The highest BCUT2D eigenvalue weighted by molar-refractivity contribution is 5.98. The number of carbonyl (C=O) groups excluding carboxylic acids is 9. The van der Waals surface area contributed by atoms with Crippen LogP contribution in [0.5, 0.6) is 0 Å². The third-order valence-corrected chi connectivity index (χ3v) is 12.9. The zero-order valence-corrected chi connectivity index (χ0v) is 48.4. The molecule has 0 aliphatic heterocycles. The Kier molecular flexibility index (Phi) is 29.4. The van der Waals surface area contributed by atoms with Crippen LogP contribution < -0.4 is 49.5 Å². The number of carboxylic acid groups (broad SMARTS) is 2. The molecule has 1 heterocycles. The van der Waals surface area contributed by atoms with Gasteiger partial charge in [0.2, 0.25) is 53.2 Å². The van der Waals surface area contributed by atoms with Crippen molar-refractivity contribution < 1.29 is 90.0 Å². The Morgan fingerprint density at radius 1 is 0.756 bits per heavy atom. The van der Waals surface area contributed by atoms with Crippen molar-refractivity contribution in [2.24, 2.45) is 28.3 Å². The lowest BCUT2D eigenvalue weighted by Gasteiger charge is -2.42. The summed E-state index contributed by atoms with van der Waals surface area (Å²) in [5.74, 6) is -14.0. The van der Waals surface area contributed by atoms with E-state index in [0.29, 0.717) is 30.0 Å². The lowest BCUT2D eigenvalue weighted by Crippen LogP contribution is -2.63. The minimum absolute atomic E-state index is 0.107. The number of aromatic nitrogens is 1. The number of unbranched alkanes of at least 4 members (excludes halogenated alkanes) is 1. The van der Waals surface area contributed by atoms with E-state index in [9.17, 15) is 70.6 Å². The summed E-state index contributed by atoms with van der Waals surface area (Å²) in [6, 6.07) is 3.10. The van der Waals surface area contributed by atoms with Gasteiger partial charge in [0.15, 0.2) is 0 Å². The van der Waals surface area contributed by atoms with E-state index >= 15 is 4.39 Å². The second kappa shape index (κ2) is 34.4. The van der Waals surface area contributed by atoms with E-state index in [0.717, 1.165) is 23.8 Å². The Labute approximate surface area is 492 Å². The normalized spacial score (nSPS) is 13.7. The van der Waals surface area contributed by atoms with E-state index in [1.807, 2.05) is 12.1 Å². The monoisotopic (exact) mass is 1220 g/mol. The number of amides is 9. The number of carbonyl (C=O) groups is 11. The maximum Gasteiger partial charge on any atom is 0.490 e. The zero-order valence-electron chi connectivity index (χ0n) is 48.4. The van der Waals surface area contributed by atoms with Crippen LogP contribution in [0.4, 0.5) is 22.0 Å². The van der Waals surface area contributed by atoms with Gasteiger partial charge in [-0.2, -0.15) is 13.2 Å². The van der Waals surface area contributed by atoms with Gasteiger partial charge in [-0.15, -0.1) is 0 Å². The van der Waals surface area contributed by atoms with Crippen molar-refractivity contribution in [2.45, 2.75) is 142 Å². The Hall–Kier alpha value is -8.58. The molecule has 2 aromatic carbocycles. The SMILES string of the molecule is CC(=O)N[C@@H](CCCCN)C(=O)N[C@@H](C)C(=O)NC(C)C(=O)N([C@@H](CC(N)=O)C(N)=O)[C@@H](CCN(C(=O)CO)[C@@H](c1cc(-c2cc(F)ccc2F)cn1Cc1ccccc1)C(C)(C)C)C(=O)NCCNC(=O)CC[C@H](N)C(=O)O.O=C(O)C(F)(F)F. The molecule has 26 nitrogen and oxygen atoms in total. The summed E-state index contributed by atoms with van der Waals surface area (Å²) < 4.78 is 63.7. The number of hydrogen-bond donors (Lipinski definition) is 12. The number of carboxylic acids is 2. The van der Waals surface area contributed by atoms with Crippen molar-refractivity contribution in [1.82, 2.24) is 41.0 Å². The molecule has 3 rings (SSSR count). The fourth-order valence-electron chi connectivity index (χ4n) is 8.82. The highest BCUT2D eigenvalue weighted by Gasteiger charge is 2.44. The molecule has 16 N–H and O–H groups in total. The summed E-state index contributed by atoms with van der Waals surface area (Å²) in [5, 5.41) is 39.4. The summed E-state index contributed by atoms with van der Waals surface area (Å²) in [7, 11) is 0. The smallest absolute Gasteiger partial charge is 0.480 e. The van der Waals surface area contributed by atoms with Crippen LogP contribution in [0.1, 0.15) is 104 Å². The maximum atomic E-state index is 15.5. The van der Waals surface area contributed by atoms with Gasteiger partial charge in [-0.3, -0.25) is 47.9 Å². The van der Waals surface area contributed by atoms with Crippen LogP contribution in [0.25, 0.3) is 11.1 Å². The fraction of sp³-hybridized carbons (Fsp3) is 0.509. The number of nitrogens with one attached hydrogen (secondary N) is 5. The number of nitrogens with zero attached hydrogens (tertiary/aromatic N) is 3. The molecule has 9 amide bonds. The Morgan fingerprint density at radius 3 is 1.90 bits per heavy atom. The minimum Gasteiger partial charge on any atom is -0.480 e. The molecule has 0 aliphatic rings. The number of aliphatic carboxylic acids is 2. The first kappa shape index (κ1) is 73.5. The van der Waals surface area contributed by atoms with Gasteiger partial charge in [0, 0.05) is 62.5 Å². The molecule has 0 fully saturated rings. The standard InChI is InChI=1S/C53H76F2N12O12.C2HF3O2/c1-30(62-49(75)39(64-32(3)69)14-10-11-20-56)48(74)63-31(2)51(77)67(42(47(59)73)26-43(58)70)40(50(76)61-22-21-60-44(71)18-17-38(57)52(78)79)19-23-66(45(72)29-68)46(53(4,5)6)41-24-34(36-25-35(54)15-16-37(36)55)28-65(41)27-33-12-8-7-9-13-33;3-2(4,5)1(6)7/h7-9,12-13,15-16,24-25,28,30-31,38-40,42,46,68H,10-11,14,17-23,26-27,29,56-57H2,1-6H3,(H2,58,70)(H2,59,73)(H,60,71)(H,61,76)(H,62,75)(H,63,74)(H,64,69)(H,78,79);(H,6,7)/t30-,31?,38-,39-,40-,42-,46-;/m0./s1. The molecule has 476 valence electrons. The molecule has 1 unspecified atom stereocenters. The Balaban J connectivity index is 0.00000338. The van der Waals surface area contributed by atoms with Gasteiger partial charge in [-0.1, -0.05) is 51.1 Å².